The summed E-state index contributed by atoms with van der Waals surface area (Å²) in [6.45, 7) is 1.73. The van der Waals surface area contributed by atoms with E-state index in [9.17, 15) is 4.79 Å². The number of aromatic nitrogens is 1. The minimum absolute atomic E-state index is 0.0975. The van der Waals surface area contributed by atoms with E-state index in [1.807, 2.05) is 6.07 Å². The van der Waals surface area contributed by atoms with Crippen molar-refractivity contribution in [2.45, 2.75) is 6.92 Å². The van der Waals surface area contributed by atoms with Crippen LogP contribution < -0.4 is 5.32 Å². The number of hydrogen-bond acceptors (Lipinski definition) is 4. The highest BCUT2D eigenvalue weighted by Crippen LogP contribution is 2.14. The van der Waals surface area contributed by atoms with Gasteiger partial charge in [0.15, 0.2) is 0 Å². The summed E-state index contributed by atoms with van der Waals surface area (Å²) in [6, 6.07) is 9.47. The zero-order chi connectivity index (χ0) is 13.8. The molecule has 94 valence electrons. The monoisotopic (exact) mass is 253 g/mol. The molecule has 2 rings (SSSR count). The van der Waals surface area contributed by atoms with Gasteiger partial charge in [0.25, 0.3) is 5.91 Å². The van der Waals surface area contributed by atoms with Crippen LogP contribution in [0.2, 0.25) is 0 Å². The molecule has 5 nitrogen and oxygen atoms in total. The highest BCUT2D eigenvalue weighted by molar-refractivity contribution is 6.04. The van der Waals surface area contributed by atoms with Gasteiger partial charge in [-0.15, -0.1) is 0 Å². The highest BCUT2D eigenvalue weighted by atomic mass is 16.3. The first-order chi connectivity index (χ1) is 9.10. The van der Waals surface area contributed by atoms with Gasteiger partial charge in [-0.1, -0.05) is 0 Å². The van der Waals surface area contributed by atoms with E-state index in [-0.39, 0.29) is 11.7 Å². The standard InChI is InChI=1S/C14H11N3O2/c1-9-11(7-15)6-12(8-16-9)17-14(19)10-2-4-13(18)5-3-10/h2-6,8,18H,1H3,(H,17,19). The molecule has 0 fully saturated rings. The molecular formula is C14H11N3O2. The third kappa shape index (κ3) is 2.87. The van der Waals surface area contributed by atoms with E-state index in [2.05, 4.69) is 10.3 Å². The lowest BCUT2D eigenvalue weighted by molar-refractivity contribution is 0.102. The van der Waals surface area contributed by atoms with Gasteiger partial charge in [0.2, 0.25) is 0 Å². The van der Waals surface area contributed by atoms with Gasteiger partial charge in [-0.3, -0.25) is 9.78 Å². The molecule has 2 aromatic rings. The number of benzene rings is 1. The Hall–Kier alpha value is -2.87. The molecule has 0 spiro atoms. The van der Waals surface area contributed by atoms with Gasteiger partial charge in [-0.2, -0.15) is 5.26 Å². The van der Waals surface area contributed by atoms with Crippen molar-refractivity contribution in [3.05, 3.63) is 53.3 Å². The number of pyridine rings is 1. The molecule has 0 saturated carbocycles. The number of rotatable bonds is 2. The molecule has 0 aliphatic heterocycles. The summed E-state index contributed by atoms with van der Waals surface area (Å²) in [4.78, 5) is 15.9. The van der Waals surface area contributed by atoms with Crippen LogP contribution in [0.25, 0.3) is 0 Å². The molecule has 2 N–H and O–H groups in total. The number of aryl methyl sites for hydroxylation is 1. The van der Waals surface area contributed by atoms with Gasteiger partial charge in [0, 0.05) is 5.56 Å². The molecule has 0 aliphatic carbocycles. The van der Waals surface area contributed by atoms with Crippen LogP contribution in [0.15, 0.2) is 36.5 Å². The van der Waals surface area contributed by atoms with E-state index < -0.39 is 0 Å². The van der Waals surface area contributed by atoms with Crippen molar-refractivity contribution in [1.82, 2.24) is 4.98 Å². The van der Waals surface area contributed by atoms with Gasteiger partial charge >= 0.3 is 0 Å². The third-order valence-corrected chi connectivity index (χ3v) is 2.59. The number of phenols is 1. The number of nitriles is 1. The molecule has 0 saturated heterocycles. The number of nitrogens with zero attached hydrogens (tertiary/aromatic N) is 2. The van der Waals surface area contributed by atoms with E-state index >= 15 is 0 Å². The van der Waals surface area contributed by atoms with Crippen LogP contribution in [0.4, 0.5) is 5.69 Å². The Labute approximate surface area is 110 Å². The van der Waals surface area contributed by atoms with Crippen molar-refractivity contribution >= 4 is 11.6 Å². The Morgan fingerprint density at radius 2 is 2.05 bits per heavy atom. The predicted octanol–water partition coefficient (Wildman–Crippen LogP) is 2.22. The summed E-state index contributed by atoms with van der Waals surface area (Å²) in [7, 11) is 0. The topological polar surface area (TPSA) is 86.0 Å². The molecule has 1 heterocycles. The summed E-state index contributed by atoms with van der Waals surface area (Å²) in [5, 5.41) is 20.7. The average molecular weight is 253 g/mol. The molecule has 0 radical (unpaired) electrons. The van der Waals surface area contributed by atoms with Crippen LogP contribution in [0.1, 0.15) is 21.6 Å². The lowest BCUT2D eigenvalue weighted by Gasteiger charge is -2.06. The molecule has 1 aromatic heterocycles. The number of carbonyl (C=O) groups is 1. The minimum atomic E-state index is -0.324. The molecule has 19 heavy (non-hydrogen) atoms. The van der Waals surface area contributed by atoms with Crippen LogP contribution in [0.3, 0.4) is 0 Å². The van der Waals surface area contributed by atoms with Crippen LogP contribution in [-0.4, -0.2) is 16.0 Å². The maximum atomic E-state index is 11.9. The summed E-state index contributed by atoms with van der Waals surface area (Å²) in [6.07, 6.45) is 1.49. The van der Waals surface area contributed by atoms with E-state index in [0.29, 0.717) is 22.5 Å². The van der Waals surface area contributed by atoms with Crippen molar-refractivity contribution < 1.29 is 9.90 Å². The van der Waals surface area contributed by atoms with Crippen LogP contribution in [0, 0.1) is 18.3 Å². The zero-order valence-corrected chi connectivity index (χ0v) is 10.2. The molecule has 1 amide bonds. The van der Waals surface area contributed by atoms with Gasteiger partial charge in [0.05, 0.1) is 23.1 Å². The van der Waals surface area contributed by atoms with Crippen molar-refractivity contribution in [3.8, 4) is 11.8 Å². The predicted molar refractivity (Wildman–Crippen MR) is 69.7 cm³/mol. The van der Waals surface area contributed by atoms with Gasteiger partial charge in [-0.05, 0) is 37.3 Å². The molecule has 0 atom stereocenters. The number of phenolic OH excluding ortho intramolecular Hbond substituents is 1. The molecule has 0 aliphatic rings. The molecule has 5 heteroatoms. The summed E-state index contributed by atoms with van der Waals surface area (Å²) in [5.74, 6) is -0.227. The largest absolute Gasteiger partial charge is 0.508 e. The maximum Gasteiger partial charge on any atom is 0.255 e. The number of aromatic hydroxyl groups is 1. The van der Waals surface area contributed by atoms with E-state index in [1.54, 1.807) is 13.0 Å². The second-order valence-corrected chi connectivity index (χ2v) is 3.97. The average Bonchev–Trinajstić information content (AvgIpc) is 2.41. The second kappa shape index (κ2) is 5.19. The van der Waals surface area contributed by atoms with E-state index in [1.165, 1.54) is 30.5 Å². The molecule has 0 unspecified atom stereocenters. The van der Waals surface area contributed by atoms with Crippen LogP contribution in [-0.2, 0) is 0 Å². The first kappa shape index (κ1) is 12.6. The van der Waals surface area contributed by atoms with Crippen molar-refractivity contribution in [3.63, 3.8) is 0 Å². The Morgan fingerprint density at radius 1 is 1.37 bits per heavy atom. The Kier molecular flexibility index (Phi) is 3.44. The fraction of sp³-hybridized carbons (Fsp3) is 0.0714. The van der Waals surface area contributed by atoms with Gasteiger partial charge in [-0.25, -0.2) is 0 Å². The Morgan fingerprint density at radius 3 is 2.68 bits per heavy atom. The molecular weight excluding hydrogens is 242 g/mol. The molecule has 1 aromatic carbocycles. The van der Waals surface area contributed by atoms with E-state index in [0.717, 1.165) is 0 Å². The number of amides is 1. The minimum Gasteiger partial charge on any atom is -0.508 e. The number of carbonyl (C=O) groups excluding carboxylic acids is 1. The maximum absolute atomic E-state index is 11.9. The number of anilines is 1. The van der Waals surface area contributed by atoms with Gasteiger partial charge in [0.1, 0.15) is 11.8 Å². The normalized spacial score (nSPS) is 9.68. The first-order valence-electron chi connectivity index (χ1n) is 5.57. The smallest absolute Gasteiger partial charge is 0.255 e. The lowest BCUT2D eigenvalue weighted by atomic mass is 10.2. The highest BCUT2D eigenvalue weighted by Gasteiger charge is 2.07. The zero-order valence-electron chi connectivity index (χ0n) is 10.2. The van der Waals surface area contributed by atoms with Crippen LogP contribution in [0.5, 0.6) is 5.75 Å². The lowest BCUT2D eigenvalue weighted by Crippen LogP contribution is -2.12. The number of nitrogens with one attached hydrogen (secondary N) is 1. The van der Waals surface area contributed by atoms with Crippen molar-refractivity contribution in [2.24, 2.45) is 0 Å². The quantitative estimate of drug-likeness (QED) is 0.859. The Bertz CT molecular complexity index is 657. The van der Waals surface area contributed by atoms with Crippen LogP contribution >= 0.6 is 0 Å². The van der Waals surface area contributed by atoms with Crippen molar-refractivity contribution in [2.75, 3.05) is 5.32 Å². The molecule has 0 bridgehead atoms. The third-order valence-electron chi connectivity index (χ3n) is 2.59. The van der Waals surface area contributed by atoms with Gasteiger partial charge < -0.3 is 10.4 Å². The summed E-state index contributed by atoms with van der Waals surface area (Å²) < 4.78 is 0. The van der Waals surface area contributed by atoms with Crippen molar-refractivity contribution in [1.29, 1.82) is 5.26 Å². The number of hydrogen-bond donors (Lipinski definition) is 2. The summed E-state index contributed by atoms with van der Waals surface area (Å²) in [5.41, 5.74) is 1.91. The Balaban J connectivity index is 2.20. The first-order valence-corrected chi connectivity index (χ1v) is 5.57. The fourth-order valence-corrected chi connectivity index (χ4v) is 1.53. The second-order valence-electron chi connectivity index (χ2n) is 3.97. The van der Waals surface area contributed by atoms with E-state index in [4.69, 9.17) is 10.4 Å². The fourth-order valence-electron chi connectivity index (χ4n) is 1.53. The SMILES string of the molecule is Cc1ncc(NC(=O)c2ccc(O)cc2)cc1C#N. The summed E-state index contributed by atoms with van der Waals surface area (Å²) >= 11 is 0.